The number of carbonyl (C=O) groups excluding carboxylic acids is 2. The van der Waals surface area contributed by atoms with Crippen LogP contribution in [0.3, 0.4) is 0 Å². The third-order valence-electron chi connectivity index (χ3n) is 4.74. The zero-order valence-corrected chi connectivity index (χ0v) is 16.5. The number of hydrogen-bond donors (Lipinski definition) is 1. The van der Waals surface area contributed by atoms with Gasteiger partial charge in [-0.15, -0.1) is 11.3 Å². The second kappa shape index (κ2) is 7.44. The number of nitrogens with zero attached hydrogens (tertiary/aromatic N) is 1. The van der Waals surface area contributed by atoms with Gasteiger partial charge < -0.3 is 5.32 Å². The summed E-state index contributed by atoms with van der Waals surface area (Å²) in [5.74, 6) is -0.633. The highest BCUT2D eigenvalue weighted by atomic mass is 32.1. The lowest BCUT2D eigenvalue weighted by atomic mass is 10.1. The van der Waals surface area contributed by atoms with Crippen molar-refractivity contribution in [1.29, 1.82) is 0 Å². The Hall–Kier alpha value is -3.18. The molecule has 2 aromatic carbocycles. The highest BCUT2D eigenvalue weighted by molar-refractivity contribution is 7.11. The van der Waals surface area contributed by atoms with E-state index in [0.29, 0.717) is 17.0 Å². The summed E-state index contributed by atoms with van der Waals surface area (Å²) >= 11 is 1.45. The molecule has 0 atom stereocenters. The molecule has 28 heavy (non-hydrogen) atoms. The molecule has 0 fully saturated rings. The Balaban J connectivity index is 1.77. The van der Waals surface area contributed by atoms with Crippen molar-refractivity contribution in [2.45, 2.75) is 20.3 Å². The number of nitrogens with one attached hydrogen (secondary N) is 1. The van der Waals surface area contributed by atoms with Crippen LogP contribution in [-0.4, -0.2) is 11.8 Å². The van der Waals surface area contributed by atoms with Crippen LogP contribution in [0.1, 0.15) is 22.9 Å². The Morgan fingerprint density at radius 3 is 2.39 bits per heavy atom. The number of imide groups is 1. The van der Waals surface area contributed by atoms with Gasteiger partial charge in [0.1, 0.15) is 5.70 Å². The lowest BCUT2D eigenvalue weighted by Gasteiger charge is -2.16. The molecule has 0 saturated heterocycles. The fourth-order valence-corrected chi connectivity index (χ4v) is 4.05. The minimum absolute atomic E-state index is 0.299. The van der Waals surface area contributed by atoms with Gasteiger partial charge in [-0.25, -0.2) is 4.90 Å². The third kappa shape index (κ3) is 3.25. The molecule has 0 unspecified atom stereocenters. The Bertz CT molecular complexity index is 1070. The van der Waals surface area contributed by atoms with Gasteiger partial charge in [-0.2, -0.15) is 0 Å². The maximum Gasteiger partial charge on any atom is 0.282 e. The van der Waals surface area contributed by atoms with Gasteiger partial charge in [0.2, 0.25) is 0 Å². The molecule has 0 saturated carbocycles. The van der Waals surface area contributed by atoms with Crippen LogP contribution >= 0.6 is 11.3 Å². The molecular formula is C23H20N2O2S. The molecular weight excluding hydrogens is 368 g/mol. The summed E-state index contributed by atoms with van der Waals surface area (Å²) < 4.78 is 0. The number of anilines is 2. The van der Waals surface area contributed by atoms with Gasteiger partial charge in [-0.1, -0.05) is 37.3 Å². The van der Waals surface area contributed by atoms with Gasteiger partial charge >= 0.3 is 0 Å². The first kappa shape index (κ1) is 18.2. The lowest BCUT2D eigenvalue weighted by molar-refractivity contribution is -0.120. The van der Waals surface area contributed by atoms with Crippen molar-refractivity contribution < 1.29 is 9.59 Å². The highest BCUT2D eigenvalue weighted by Crippen LogP contribution is 2.35. The standard InChI is InChI=1S/C23H20N2O2S/c1-3-16-9-11-18(12-10-16)25-22(26)20(19-8-5-13-28-19)21(23(25)27)24-17-7-4-6-15(2)14-17/h4-14,24H,3H2,1-2H3. The molecule has 1 aliphatic heterocycles. The molecule has 2 heterocycles. The molecule has 140 valence electrons. The number of rotatable bonds is 5. The van der Waals surface area contributed by atoms with Gasteiger partial charge in [-0.05, 0) is 60.2 Å². The molecule has 0 aliphatic carbocycles. The van der Waals surface area contributed by atoms with Crippen LogP contribution < -0.4 is 10.2 Å². The predicted octanol–water partition coefficient (Wildman–Crippen LogP) is 5.02. The molecule has 4 rings (SSSR count). The molecule has 1 aliphatic rings. The van der Waals surface area contributed by atoms with Crippen molar-refractivity contribution in [2.75, 3.05) is 10.2 Å². The molecule has 0 radical (unpaired) electrons. The van der Waals surface area contributed by atoms with E-state index in [-0.39, 0.29) is 11.8 Å². The van der Waals surface area contributed by atoms with E-state index in [1.54, 1.807) is 0 Å². The van der Waals surface area contributed by atoms with Gasteiger partial charge in [0.25, 0.3) is 11.8 Å². The van der Waals surface area contributed by atoms with E-state index in [9.17, 15) is 9.59 Å². The van der Waals surface area contributed by atoms with Crippen LogP contribution in [0.4, 0.5) is 11.4 Å². The summed E-state index contributed by atoms with van der Waals surface area (Å²) in [6.45, 7) is 4.06. The summed E-state index contributed by atoms with van der Waals surface area (Å²) in [4.78, 5) is 28.5. The number of carbonyl (C=O) groups is 2. The Morgan fingerprint density at radius 2 is 1.75 bits per heavy atom. The SMILES string of the molecule is CCc1ccc(N2C(=O)C(Nc3cccc(C)c3)=C(c3cccs3)C2=O)cc1. The summed E-state index contributed by atoms with van der Waals surface area (Å²) in [6, 6.07) is 19.1. The summed E-state index contributed by atoms with van der Waals surface area (Å²) in [6.07, 6.45) is 0.904. The average Bonchev–Trinajstić information content (AvgIpc) is 3.29. The van der Waals surface area contributed by atoms with Crippen molar-refractivity contribution in [2.24, 2.45) is 0 Å². The monoisotopic (exact) mass is 388 g/mol. The largest absolute Gasteiger partial charge is 0.350 e. The number of hydrogen-bond acceptors (Lipinski definition) is 4. The molecule has 0 spiro atoms. The van der Waals surface area contributed by atoms with E-state index < -0.39 is 0 Å². The van der Waals surface area contributed by atoms with Crippen LogP contribution in [0.15, 0.2) is 71.7 Å². The quantitative estimate of drug-likeness (QED) is 0.625. The lowest BCUT2D eigenvalue weighted by Crippen LogP contribution is -2.32. The second-order valence-corrected chi connectivity index (χ2v) is 7.64. The van der Waals surface area contributed by atoms with E-state index >= 15 is 0 Å². The van der Waals surface area contributed by atoms with Crippen LogP contribution in [-0.2, 0) is 16.0 Å². The Morgan fingerprint density at radius 1 is 0.964 bits per heavy atom. The molecule has 3 aromatic rings. The molecule has 4 nitrogen and oxygen atoms in total. The fraction of sp³-hybridized carbons (Fsp3) is 0.130. The zero-order chi connectivity index (χ0) is 19.7. The van der Waals surface area contributed by atoms with Crippen LogP contribution in [0.2, 0.25) is 0 Å². The number of thiophene rings is 1. The van der Waals surface area contributed by atoms with E-state index in [0.717, 1.165) is 28.1 Å². The highest BCUT2D eigenvalue weighted by Gasteiger charge is 2.40. The number of aryl methyl sites for hydroxylation is 2. The van der Waals surface area contributed by atoms with Gasteiger partial charge in [0.15, 0.2) is 0 Å². The average molecular weight is 388 g/mol. The molecule has 1 N–H and O–H groups in total. The number of benzene rings is 2. The maximum absolute atomic E-state index is 13.3. The van der Waals surface area contributed by atoms with Gasteiger partial charge in [0, 0.05) is 10.6 Å². The topological polar surface area (TPSA) is 49.4 Å². The first-order chi connectivity index (χ1) is 13.6. The van der Waals surface area contributed by atoms with E-state index in [1.165, 1.54) is 16.2 Å². The van der Waals surface area contributed by atoms with E-state index in [2.05, 4.69) is 12.2 Å². The van der Waals surface area contributed by atoms with E-state index in [1.807, 2.05) is 73.0 Å². The second-order valence-electron chi connectivity index (χ2n) is 6.69. The van der Waals surface area contributed by atoms with Crippen molar-refractivity contribution in [3.05, 3.63) is 87.7 Å². The van der Waals surface area contributed by atoms with Crippen LogP contribution in [0, 0.1) is 6.92 Å². The van der Waals surface area contributed by atoms with Crippen molar-refractivity contribution in [1.82, 2.24) is 0 Å². The van der Waals surface area contributed by atoms with Crippen LogP contribution in [0.5, 0.6) is 0 Å². The summed E-state index contributed by atoms with van der Waals surface area (Å²) in [7, 11) is 0. The van der Waals surface area contributed by atoms with Crippen molar-refractivity contribution in [3.63, 3.8) is 0 Å². The smallest absolute Gasteiger partial charge is 0.282 e. The van der Waals surface area contributed by atoms with Gasteiger partial charge in [0.05, 0.1) is 11.3 Å². The third-order valence-corrected chi connectivity index (χ3v) is 5.63. The van der Waals surface area contributed by atoms with Crippen molar-refractivity contribution in [3.8, 4) is 0 Å². The normalized spacial score (nSPS) is 14.1. The molecule has 0 bridgehead atoms. The minimum atomic E-state index is -0.334. The summed E-state index contributed by atoms with van der Waals surface area (Å²) in [5.41, 5.74) is 4.34. The summed E-state index contributed by atoms with van der Waals surface area (Å²) in [5, 5.41) is 5.10. The number of amides is 2. The first-order valence-electron chi connectivity index (χ1n) is 9.18. The molecule has 1 aromatic heterocycles. The first-order valence-corrected chi connectivity index (χ1v) is 10.1. The predicted molar refractivity (Wildman–Crippen MR) is 114 cm³/mol. The maximum atomic E-state index is 13.3. The van der Waals surface area contributed by atoms with Crippen molar-refractivity contribution >= 4 is 40.1 Å². The molecule has 5 heteroatoms. The zero-order valence-electron chi connectivity index (χ0n) is 15.7. The minimum Gasteiger partial charge on any atom is -0.350 e. The van der Waals surface area contributed by atoms with Gasteiger partial charge in [-0.3, -0.25) is 9.59 Å². The molecule has 2 amide bonds. The van der Waals surface area contributed by atoms with E-state index in [4.69, 9.17) is 0 Å². The van der Waals surface area contributed by atoms with Crippen LogP contribution in [0.25, 0.3) is 5.57 Å². The Labute approximate surface area is 168 Å². The Kier molecular flexibility index (Phi) is 4.84. The fourth-order valence-electron chi connectivity index (χ4n) is 3.28.